The molecule has 0 N–H and O–H groups in total. The highest BCUT2D eigenvalue weighted by molar-refractivity contribution is 7.89. The molecule has 2 aromatic carbocycles. The highest BCUT2D eigenvalue weighted by Gasteiger charge is 2.32. The van der Waals surface area contributed by atoms with Crippen LogP contribution in [0, 0.1) is 5.92 Å². The molecule has 1 aliphatic rings. The molecular weight excluding hydrogens is 502 g/mol. The maximum atomic E-state index is 13.1. The molecule has 0 unspecified atom stereocenters. The van der Waals surface area contributed by atoms with Gasteiger partial charge in [-0.15, -0.1) is 0 Å². The zero-order valence-corrected chi connectivity index (χ0v) is 22.3. The number of benzene rings is 2. The van der Waals surface area contributed by atoms with E-state index in [1.165, 1.54) is 34.9 Å². The molecule has 1 aromatic heterocycles. The van der Waals surface area contributed by atoms with Gasteiger partial charge in [-0.2, -0.15) is 9.30 Å². The number of nitrogens with zero attached hydrogens (tertiary/aromatic N) is 3. The number of fused-ring (bicyclic) bond motifs is 1. The van der Waals surface area contributed by atoms with Crippen LogP contribution in [0.25, 0.3) is 10.2 Å². The minimum Gasteiger partial charge on any atom is -0.497 e. The first kappa shape index (κ1) is 26.3. The first-order valence-corrected chi connectivity index (χ1v) is 14.1. The summed E-state index contributed by atoms with van der Waals surface area (Å²) in [7, 11) is -0.459. The monoisotopic (exact) mass is 533 g/mol. The number of hydrogen-bond donors (Lipinski definition) is 0. The second kappa shape index (κ2) is 11.5. The SMILES string of the molecule is CCOc1ccc2c(c1)sc(=NC(=O)C1CCN(S(=O)(=O)c3ccc(OC)cc3)CC1)n2CCOC. The molecule has 0 spiro atoms. The van der Waals surface area contributed by atoms with Crippen molar-refractivity contribution < 1.29 is 27.4 Å². The Morgan fingerprint density at radius 3 is 2.42 bits per heavy atom. The Morgan fingerprint density at radius 2 is 1.78 bits per heavy atom. The van der Waals surface area contributed by atoms with Gasteiger partial charge in [0.1, 0.15) is 11.5 Å². The van der Waals surface area contributed by atoms with Gasteiger partial charge < -0.3 is 18.8 Å². The number of ether oxygens (including phenoxy) is 3. The lowest BCUT2D eigenvalue weighted by atomic mass is 9.98. The predicted molar refractivity (Wildman–Crippen MR) is 138 cm³/mol. The summed E-state index contributed by atoms with van der Waals surface area (Å²) in [4.78, 5) is 18.4. The topological polar surface area (TPSA) is 99.4 Å². The number of hydrogen-bond acceptors (Lipinski definition) is 7. The summed E-state index contributed by atoms with van der Waals surface area (Å²) < 4.78 is 46.4. The fourth-order valence-corrected chi connectivity index (χ4v) is 6.78. The quantitative estimate of drug-likeness (QED) is 0.419. The first-order chi connectivity index (χ1) is 17.4. The summed E-state index contributed by atoms with van der Waals surface area (Å²) in [6.45, 7) is 4.10. The van der Waals surface area contributed by atoms with Crippen molar-refractivity contribution in [2.75, 3.05) is 40.5 Å². The second-order valence-electron chi connectivity index (χ2n) is 8.40. The molecule has 1 amide bonds. The smallest absolute Gasteiger partial charge is 0.251 e. The van der Waals surface area contributed by atoms with Gasteiger partial charge in [-0.25, -0.2) is 8.42 Å². The highest BCUT2D eigenvalue weighted by Crippen LogP contribution is 2.27. The zero-order valence-electron chi connectivity index (χ0n) is 20.7. The molecule has 0 bridgehead atoms. The number of piperidine rings is 1. The van der Waals surface area contributed by atoms with Gasteiger partial charge >= 0.3 is 0 Å². The number of methoxy groups -OCH3 is 2. The van der Waals surface area contributed by atoms with Crippen LogP contribution in [0.2, 0.25) is 0 Å². The molecule has 0 saturated carbocycles. The first-order valence-electron chi connectivity index (χ1n) is 11.8. The number of amides is 1. The third kappa shape index (κ3) is 5.64. The third-order valence-corrected chi connectivity index (χ3v) is 9.14. The normalized spacial score (nSPS) is 15.9. The molecule has 3 aromatic rings. The van der Waals surface area contributed by atoms with E-state index in [2.05, 4.69) is 4.99 Å². The van der Waals surface area contributed by atoms with E-state index in [9.17, 15) is 13.2 Å². The number of carbonyl (C=O) groups excluding carboxylic acids is 1. The Morgan fingerprint density at radius 1 is 1.08 bits per heavy atom. The van der Waals surface area contributed by atoms with Crippen LogP contribution in [0.4, 0.5) is 0 Å². The molecule has 9 nitrogen and oxygen atoms in total. The van der Waals surface area contributed by atoms with Crippen LogP contribution in [0.3, 0.4) is 0 Å². The molecule has 11 heteroatoms. The summed E-state index contributed by atoms with van der Waals surface area (Å²) in [6, 6.07) is 12.2. The fourth-order valence-electron chi connectivity index (χ4n) is 4.22. The lowest BCUT2D eigenvalue weighted by Gasteiger charge is -2.29. The summed E-state index contributed by atoms with van der Waals surface area (Å²) in [5.41, 5.74) is 0.965. The summed E-state index contributed by atoms with van der Waals surface area (Å²) in [5, 5.41) is 0. The van der Waals surface area contributed by atoms with Gasteiger partial charge in [0.25, 0.3) is 5.91 Å². The van der Waals surface area contributed by atoms with E-state index in [0.717, 1.165) is 16.0 Å². The lowest BCUT2D eigenvalue weighted by molar-refractivity contribution is -0.122. The maximum Gasteiger partial charge on any atom is 0.251 e. The summed E-state index contributed by atoms with van der Waals surface area (Å²) >= 11 is 1.44. The predicted octanol–water partition coefficient (Wildman–Crippen LogP) is 3.28. The van der Waals surface area contributed by atoms with Gasteiger partial charge in [0.2, 0.25) is 10.0 Å². The van der Waals surface area contributed by atoms with Gasteiger partial charge in [-0.05, 0) is 62.2 Å². The number of sulfonamides is 1. The van der Waals surface area contributed by atoms with Gasteiger partial charge in [-0.3, -0.25) is 4.79 Å². The number of aromatic nitrogens is 1. The zero-order chi connectivity index (χ0) is 25.7. The molecular formula is C25H31N3O6S2. The van der Waals surface area contributed by atoms with Crippen LogP contribution >= 0.6 is 11.3 Å². The van der Waals surface area contributed by atoms with Crippen LogP contribution in [-0.4, -0.2) is 63.7 Å². The fraction of sp³-hybridized carbons (Fsp3) is 0.440. The molecule has 4 rings (SSSR count). The van der Waals surface area contributed by atoms with Crippen LogP contribution in [0.5, 0.6) is 11.5 Å². The van der Waals surface area contributed by atoms with E-state index in [-0.39, 0.29) is 29.8 Å². The minimum atomic E-state index is -3.63. The van der Waals surface area contributed by atoms with Gasteiger partial charge in [0.15, 0.2) is 4.80 Å². The highest BCUT2D eigenvalue weighted by atomic mass is 32.2. The molecule has 194 valence electrons. The average molecular weight is 534 g/mol. The van der Waals surface area contributed by atoms with Gasteiger partial charge in [-0.1, -0.05) is 11.3 Å². The maximum absolute atomic E-state index is 13.1. The Bertz CT molecular complexity index is 1370. The number of rotatable bonds is 9. The Labute approximate surface area is 215 Å². The minimum absolute atomic E-state index is 0.216. The molecule has 1 saturated heterocycles. The third-order valence-electron chi connectivity index (χ3n) is 6.19. The van der Waals surface area contributed by atoms with E-state index in [1.807, 2.05) is 29.7 Å². The van der Waals surface area contributed by atoms with Crippen molar-refractivity contribution in [1.29, 1.82) is 0 Å². The molecule has 0 aliphatic carbocycles. The number of carbonyl (C=O) groups is 1. The van der Waals surface area contributed by atoms with E-state index in [1.54, 1.807) is 19.2 Å². The van der Waals surface area contributed by atoms with E-state index < -0.39 is 10.0 Å². The van der Waals surface area contributed by atoms with Crippen LogP contribution < -0.4 is 14.3 Å². The van der Waals surface area contributed by atoms with E-state index in [0.29, 0.717) is 43.2 Å². The van der Waals surface area contributed by atoms with Crippen LogP contribution in [-0.2, 0) is 26.1 Å². The van der Waals surface area contributed by atoms with Gasteiger partial charge in [0.05, 0.1) is 35.4 Å². The Balaban J connectivity index is 1.51. The molecule has 36 heavy (non-hydrogen) atoms. The Kier molecular flexibility index (Phi) is 8.45. The lowest BCUT2D eigenvalue weighted by Crippen LogP contribution is -2.40. The van der Waals surface area contributed by atoms with Crippen molar-refractivity contribution in [3.05, 3.63) is 47.3 Å². The van der Waals surface area contributed by atoms with Crippen LogP contribution in [0.15, 0.2) is 52.4 Å². The van der Waals surface area contributed by atoms with E-state index >= 15 is 0 Å². The molecule has 2 heterocycles. The Hall–Kier alpha value is -2.73. The van der Waals surface area contributed by atoms with Crippen molar-refractivity contribution in [2.24, 2.45) is 10.9 Å². The molecule has 0 radical (unpaired) electrons. The second-order valence-corrected chi connectivity index (χ2v) is 11.3. The standard InChI is InChI=1S/C25H31N3O6S2/c1-4-34-20-7-10-22-23(17-20)35-25(28(22)15-16-32-2)26-24(29)18-11-13-27(14-12-18)36(30,31)21-8-5-19(33-3)6-9-21/h5-10,17-18H,4,11-16H2,1-3H3. The molecule has 1 fully saturated rings. The van der Waals surface area contributed by atoms with Crippen molar-refractivity contribution in [3.63, 3.8) is 0 Å². The molecule has 0 atom stereocenters. The van der Waals surface area contributed by atoms with Crippen LogP contribution in [0.1, 0.15) is 19.8 Å². The molecule has 1 aliphatic heterocycles. The average Bonchev–Trinajstić information content (AvgIpc) is 3.23. The van der Waals surface area contributed by atoms with Crippen molar-refractivity contribution in [3.8, 4) is 11.5 Å². The summed E-state index contributed by atoms with van der Waals surface area (Å²) in [6.07, 6.45) is 0.852. The van der Waals surface area contributed by atoms with Crippen molar-refractivity contribution >= 4 is 37.5 Å². The van der Waals surface area contributed by atoms with Gasteiger partial charge in [0, 0.05) is 32.7 Å². The van der Waals surface area contributed by atoms with E-state index in [4.69, 9.17) is 14.2 Å². The number of thiazole rings is 1. The van der Waals surface area contributed by atoms with Crippen molar-refractivity contribution in [1.82, 2.24) is 8.87 Å². The van der Waals surface area contributed by atoms with Crippen molar-refractivity contribution in [2.45, 2.75) is 31.2 Å². The summed E-state index contributed by atoms with van der Waals surface area (Å²) in [5.74, 6) is 0.818. The largest absolute Gasteiger partial charge is 0.497 e.